The molecule has 160 valence electrons. The van der Waals surface area contributed by atoms with Gasteiger partial charge in [-0.05, 0) is 60.5 Å². The van der Waals surface area contributed by atoms with Crippen LogP contribution in [0.2, 0.25) is 5.02 Å². The summed E-state index contributed by atoms with van der Waals surface area (Å²) in [5, 5.41) is 21.6. The second-order valence-electron chi connectivity index (χ2n) is 6.92. The summed E-state index contributed by atoms with van der Waals surface area (Å²) >= 11 is 6.31. The van der Waals surface area contributed by atoms with Crippen molar-refractivity contribution in [1.29, 1.82) is 0 Å². The van der Waals surface area contributed by atoms with Crippen molar-refractivity contribution < 1.29 is 28.9 Å². The molecule has 0 heterocycles. The van der Waals surface area contributed by atoms with E-state index in [1.54, 1.807) is 37.3 Å². The zero-order valence-electron chi connectivity index (χ0n) is 16.5. The standard InChI is InChI=1S/C23H19ClFNO5/c1-13-8-17(26-21(28)12-22(29)30)11-19(24)23(13)31-18-6-7-20(27)15(10-18)9-14-2-4-16(25)5-3-14/h2-8,10-11,27H,9,12H2,1H3,(H,26,28)(H,29,30). The van der Waals surface area contributed by atoms with Crippen LogP contribution in [-0.2, 0) is 16.0 Å². The normalized spacial score (nSPS) is 10.5. The fourth-order valence-electron chi connectivity index (χ4n) is 2.98. The number of carboxylic acids is 1. The third-order valence-corrected chi connectivity index (χ3v) is 4.68. The summed E-state index contributed by atoms with van der Waals surface area (Å²) < 4.78 is 19.0. The number of rotatable bonds is 7. The summed E-state index contributed by atoms with van der Waals surface area (Å²) in [5.74, 6) is -1.36. The molecule has 0 aliphatic carbocycles. The van der Waals surface area contributed by atoms with Crippen molar-refractivity contribution >= 4 is 29.2 Å². The fourth-order valence-corrected chi connectivity index (χ4v) is 3.29. The molecule has 6 nitrogen and oxygen atoms in total. The Balaban J connectivity index is 1.79. The molecular weight excluding hydrogens is 425 g/mol. The van der Waals surface area contributed by atoms with Gasteiger partial charge in [0.2, 0.25) is 5.91 Å². The molecule has 0 aliphatic rings. The molecule has 8 heteroatoms. The van der Waals surface area contributed by atoms with Crippen LogP contribution in [0.1, 0.15) is 23.1 Å². The number of halogens is 2. The van der Waals surface area contributed by atoms with Gasteiger partial charge in [0.15, 0.2) is 0 Å². The number of hydrogen-bond acceptors (Lipinski definition) is 4. The van der Waals surface area contributed by atoms with Crippen LogP contribution in [0, 0.1) is 12.7 Å². The molecule has 1 amide bonds. The van der Waals surface area contributed by atoms with Crippen molar-refractivity contribution in [2.24, 2.45) is 0 Å². The van der Waals surface area contributed by atoms with E-state index in [9.17, 15) is 19.1 Å². The van der Waals surface area contributed by atoms with E-state index < -0.39 is 18.3 Å². The molecule has 0 saturated carbocycles. The molecule has 3 aromatic rings. The van der Waals surface area contributed by atoms with Crippen LogP contribution in [0.4, 0.5) is 10.1 Å². The largest absolute Gasteiger partial charge is 0.508 e. The van der Waals surface area contributed by atoms with E-state index in [0.29, 0.717) is 34.7 Å². The molecule has 0 bridgehead atoms. The van der Waals surface area contributed by atoms with Gasteiger partial charge in [0.1, 0.15) is 29.5 Å². The van der Waals surface area contributed by atoms with Crippen LogP contribution in [0.15, 0.2) is 54.6 Å². The highest BCUT2D eigenvalue weighted by Crippen LogP contribution is 2.37. The van der Waals surface area contributed by atoms with Gasteiger partial charge < -0.3 is 20.3 Å². The number of carbonyl (C=O) groups is 2. The molecule has 0 aliphatic heterocycles. The van der Waals surface area contributed by atoms with Crippen LogP contribution in [0.5, 0.6) is 17.2 Å². The number of hydrogen-bond donors (Lipinski definition) is 3. The molecular formula is C23H19ClFNO5. The first kappa shape index (κ1) is 22.1. The summed E-state index contributed by atoms with van der Waals surface area (Å²) in [4.78, 5) is 22.3. The maximum Gasteiger partial charge on any atom is 0.312 e. The van der Waals surface area contributed by atoms with Crippen LogP contribution < -0.4 is 10.1 Å². The lowest BCUT2D eigenvalue weighted by Crippen LogP contribution is -2.16. The van der Waals surface area contributed by atoms with Gasteiger partial charge in [-0.15, -0.1) is 0 Å². The topological polar surface area (TPSA) is 95.9 Å². The molecule has 0 atom stereocenters. The lowest BCUT2D eigenvalue weighted by atomic mass is 10.0. The number of ether oxygens (including phenoxy) is 1. The minimum Gasteiger partial charge on any atom is -0.508 e. The summed E-state index contributed by atoms with van der Waals surface area (Å²) in [7, 11) is 0. The molecule has 3 N–H and O–H groups in total. The number of amides is 1. The Morgan fingerprint density at radius 2 is 1.81 bits per heavy atom. The van der Waals surface area contributed by atoms with E-state index in [1.165, 1.54) is 24.3 Å². The van der Waals surface area contributed by atoms with Gasteiger partial charge in [-0.1, -0.05) is 23.7 Å². The minimum absolute atomic E-state index is 0.0796. The van der Waals surface area contributed by atoms with Crippen LogP contribution in [0.3, 0.4) is 0 Å². The van der Waals surface area contributed by atoms with E-state index >= 15 is 0 Å². The van der Waals surface area contributed by atoms with Gasteiger partial charge in [-0.2, -0.15) is 0 Å². The highest BCUT2D eigenvalue weighted by molar-refractivity contribution is 6.32. The lowest BCUT2D eigenvalue weighted by molar-refractivity contribution is -0.139. The molecule has 0 saturated heterocycles. The molecule has 0 radical (unpaired) electrons. The number of aromatic hydroxyl groups is 1. The van der Waals surface area contributed by atoms with Crippen LogP contribution in [-0.4, -0.2) is 22.1 Å². The predicted octanol–water partition coefficient (Wildman–Crippen LogP) is 5.29. The minimum atomic E-state index is -1.23. The van der Waals surface area contributed by atoms with Gasteiger partial charge in [0.25, 0.3) is 0 Å². The number of phenols is 1. The second-order valence-corrected chi connectivity index (χ2v) is 7.33. The first-order valence-electron chi connectivity index (χ1n) is 9.27. The highest BCUT2D eigenvalue weighted by Gasteiger charge is 2.14. The van der Waals surface area contributed by atoms with E-state index in [4.69, 9.17) is 21.4 Å². The monoisotopic (exact) mass is 443 g/mol. The molecule has 0 unspecified atom stereocenters. The summed E-state index contributed by atoms with van der Waals surface area (Å²) in [6, 6.07) is 13.8. The number of aryl methyl sites for hydroxylation is 1. The molecule has 3 rings (SSSR count). The molecule has 0 aromatic heterocycles. The number of anilines is 1. The Hall–Kier alpha value is -3.58. The predicted molar refractivity (Wildman–Crippen MR) is 114 cm³/mol. The van der Waals surface area contributed by atoms with Crippen molar-refractivity contribution in [3.63, 3.8) is 0 Å². The fraction of sp³-hybridized carbons (Fsp3) is 0.130. The summed E-state index contributed by atoms with van der Waals surface area (Å²) in [5.41, 5.74) is 2.38. The quantitative estimate of drug-likeness (QED) is 0.431. The zero-order chi connectivity index (χ0) is 22.5. The smallest absolute Gasteiger partial charge is 0.312 e. The Morgan fingerprint density at radius 3 is 2.45 bits per heavy atom. The van der Waals surface area contributed by atoms with Crippen molar-refractivity contribution in [3.8, 4) is 17.2 Å². The number of phenolic OH excluding ortho intramolecular Hbond substituents is 1. The van der Waals surface area contributed by atoms with Crippen molar-refractivity contribution in [3.05, 3.63) is 82.1 Å². The Labute approximate surface area is 182 Å². The van der Waals surface area contributed by atoms with Gasteiger partial charge in [0, 0.05) is 17.7 Å². The third kappa shape index (κ3) is 5.96. The van der Waals surface area contributed by atoms with Crippen molar-refractivity contribution in [2.45, 2.75) is 19.8 Å². The van der Waals surface area contributed by atoms with Crippen LogP contribution >= 0.6 is 11.6 Å². The third-order valence-electron chi connectivity index (χ3n) is 4.40. The maximum atomic E-state index is 13.1. The number of carboxylic acid groups (broad SMARTS) is 1. The van der Waals surface area contributed by atoms with Gasteiger partial charge in [-0.3, -0.25) is 9.59 Å². The first-order chi connectivity index (χ1) is 14.7. The number of carbonyl (C=O) groups excluding carboxylic acids is 1. The average Bonchev–Trinajstić information content (AvgIpc) is 2.68. The molecule has 0 spiro atoms. The van der Waals surface area contributed by atoms with E-state index in [1.807, 2.05) is 0 Å². The SMILES string of the molecule is Cc1cc(NC(=O)CC(=O)O)cc(Cl)c1Oc1ccc(O)c(Cc2ccc(F)cc2)c1. The number of benzene rings is 3. The van der Waals surface area contributed by atoms with E-state index in [-0.39, 0.29) is 16.6 Å². The number of nitrogens with one attached hydrogen (secondary N) is 1. The average molecular weight is 444 g/mol. The highest BCUT2D eigenvalue weighted by atomic mass is 35.5. The lowest BCUT2D eigenvalue weighted by Gasteiger charge is -2.14. The molecule has 31 heavy (non-hydrogen) atoms. The van der Waals surface area contributed by atoms with Gasteiger partial charge in [0.05, 0.1) is 5.02 Å². The molecule has 0 fully saturated rings. The van der Waals surface area contributed by atoms with Crippen molar-refractivity contribution in [2.75, 3.05) is 5.32 Å². The van der Waals surface area contributed by atoms with Crippen LogP contribution in [0.25, 0.3) is 0 Å². The summed E-state index contributed by atoms with van der Waals surface area (Å²) in [6.45, 7) is 1.73. The van der Waals surface area contributed by atoms with E-state index in [0.717, 1.165) is 5.56 Å². The number of aliphatic carboxylic acids is 1. The first-order valence-corrected chi connectivity index (χ1v) is 9.65. The summed E-state index contributed by atoms with van der Waals surface area (Å²) in [6.07, 6.45) is -0.274. The Kier molecular flexibility index (Phi) is 6.77. The second kappa shape index (κ2) is 9.49. The maximum absolute atomic E-state index is 13.1. The van der Waals surface area contributed by atoms with Crippen molar-refractivity contribution in [1.82, 2.24) is 0 Å². The van der Waals surface area contributed by atoms with Gasteiger partial charge >= 0.3 is 5.97 Å². The Bertz CT molecular complexity index is 1110. The van der Waals surface area contributed by atoms with Gasteiger partial charge in [-0.25, -0.2) is 4.39 Å². The Morgan fingerprint density at radius 1 is 1.10 bits per heavy atom. The zero-order valence-corrected chi connectivity index (χ0v) is 17.2. The molecule has 3 aromatic carbocycles. The van der Waals surface area contributed by atoms with E-state index in [2.05, 4.69) is 5.32 Å².